The van der Waals surface area contributed by atoms with Gasteiger partial charge in [0.1, 0.15) is 0 Å². The molecule has 2 aromatic rings. The van der Waals surface area contributed by atoms with Crippen LogP contribution < -0.4 is 4.72 Å². The number of hydrogen-bond donors (Lipinski definition) is 1. The summed E-state index contributed by atoms with van der Waals surface area (Å²) in [5.41, 5.74) is 3.23. The molecule has 0 fully saturated rings. The van der Waals surface area contributed by atoms with Crippen LogP contribution in [0.15, 0.2) is 65.1 Å². The van der Waals surface area contributed by atoms with Crippen LogP contribution in [-0.2, 0) is 10.0 Å². The second-order valence-electron chi connectivity index (χ2n) is 5.27. The van der Waals surface area contributed by atoms with Crippen LogP contribution in [0.2, 0.25) is 0 Å². The Balaban J connectivity index is 2.18. The number of halogens is 1. The number of nitrogens with one attached hydrogen (secondary N) is 1. The smallest absolute Gasteiger partial charge is 0.207 e. The highest BCUT2D eigenvalue weighted by Crippen LogP contribution is 2.27. The molecular formula is C18H20INO2S. The zero-order valence-corrected chi connectivity index (χ0v) is 16.2. The molecule has 0 saturated heterocycles. The minimum atomic E-state index is -3.49. The van der Waals surface area contributed by atoms with Crippen molar-refractivity contribution in [3.63, 3.8) is 0 Å². The zero-order chi connectivity index (χ0) is 16.9. The summed E-state index contributed by atoms with van der Waals surface area (Å²) in [6.45, 7) is 4.29. The van der Waals surface area contributed by atoms with E-state index < -0.39 is 10.0 Å². The van der Waals surface area contributed by atoms with Gasteiger partial charge in [0.05, 0.1) is 4.90 Å². The van der Waals surface area contributed by atoms with E-state index in [2.05, 4.69) is 27.3 Å². The molecule has 5 heteroatoms. The number of aryl methyl sites for hydroxylation is 1. The minimum absolute atomic E-state index is 0.299. The second-order valence-corrected chi connectivity index (χ2v) is 8.12. The SMILES string of the molecule is CC/C(CNS(=O)(=O)c1ccc(C)cc1)=C(/I)c1ccccc1. The lowest BCUT2D eigenvalue weighted by Crippen LogP contribution is -2.26. The average molecular weight is 441 g/mol. The van der Waals surface area contributed by atoms with Crippen molar-refractivity contribution in [1.29, 1.82) is 0 Å². The van der Waals surface area contributed by atoms with Crippen molar-refractivity contribution in [2.75, 3.05) is 6.54 Å². The summed E-state index contributed by atoms with van der Waals surface area (Å²) in [6, 6.07) is 16.9. The largest absolute Gasteiger partial charge is 0.240 e. The van der Waals surface area contributed by atoms with Gasteiger partial charge in [0.15, 0.2) is 0 Å². The maximum atomic E-state index is 12.4. The van der Waals surface area contributed by atoms with Crippen LogP contribution >= 0.6 is 22.6 Å². The maximum Gasteiger partial charge on any atom is 0.240 e. The van der Waals surface area contributed by atoms with E-state index in [4.69, 9.17) is 0 Å². The van der Waals surface area contributed by atoms with Crippen molar-refractivity contribution in [3.8, 4) is 0 Å². The van der Waals surface area contributed by atoms with Crippen LogP contribution in [0.3, 0.4) is 0 Å². The highest BCUT2D eigenvalue weighted by Gasteiger charge is 2.15. The number of benzene rings is 2. The van der Waals surface area contributed by atoms with Crippen LogP contribution in [-0.4, -0.2) is 15.0 Å². The Morgan fingerprint density at radius 3 is 2.22 bits per heavy atom. The summed E-state index contributed by atoms with van der Waals surface area (Å²) in [5.74, 6) is 0. The molecule has 0 spiro atoms. The van der Waals surface area contributed by atoms with Crippen molar-refractivity contribution in [3.05, 3.63) is 71.3 Å². The lowest BCUT2D eigenvalue weighted by Gasteiger charge is -2.12. The first-order chi connectivity index (χ1) is 10.9. The lowest BCUT2D eigenvalue weighted by atomic mass is 10.1. The normalized spacial score (nSPS) is 12.8. The van der Waals surface area contributed by atoms with Gasteiger partial charge < -0.3 is 0 Å². The van der Waals surface area contributed by atoms with Gasteiger partial charge in [-0.2, -0.15) is 0 Å². The molecule has 2 aromatic carbocycles. The number of hydrogen-bond acceptors (Lipinski definition) is 2. The van der Waals surface area contributed by atoms with Gasteiger partial charge in [-0.05, 0) is 59.2 Å². The molecule has 0 aliphatic rings. The molecule has 0 amide bonds. The van der Waals surface area contributed by atoms with Gasteiger partial charge in [-0.3, -0.25) is 0 Å². The van der Waals surface area contributed by atoms with Crippen LogP contribution in [0.5, 0.6) is 0 Å². The average Bonchev–Trinajstić information content (AvgIpc) is 2.56. The fourth-order valence-electron chi connectivity index (χ4n) is 2.13. The lowest BCUT2D eigenvalue weighted by molar-refractivity contribution is 0.584. The van der Waals surface area contributed by atoms with Crippen molar-refractivity contribution in [1.82, 2.24) is 4.72 Å². The van der Waals surface area contributed by atoms with Crippen molar-refractivity contribution >= 4 is 36.2 Å². The van der Waals surface area contributed by atoms with Crippen molar-refractivity contribution in [2.24, 2.45) is 0 Å². The molecule has 0 saturated carbocycles. The van der Waals surface area contributed by atoms with E-state index in [1.165, 1.54) is 0 Å². The number of rotatable bonds is 6. The summed E-state index contributed by atoms with van der Waals surface area (Å²) in [4.78, 5) is 0.299. The predicted octanol–water partition coefficient (Wildman–Crippen LogP) is 4.53. The van der Waals surface area contributed by atoms with E-state index in [1.807, 2.05) is 44.2 Å². The third kappa shape index (κ3) is 4.89. The van der Waals surface area contributed by atoms with Gasteiger partial charge in [0, 0.05) is 10.1 Å². The van der Waals surface area contributed by atoms with Crippen molar-refractivity contribution < 1.29 is 8.42 Å². The molecule has 3 nitrogen and oxygen atoms in total. The summed E-state index contributed by atoms with van der Waals surface area (Å²) < 4.78 is 28.6. The molecule has 0 radical (unpaired) electrons. The first-order valence-electron chi connectivity index (χ1n) is 7.43. The Bertz CT molecular complexity index is 782. The predicted molar refractivity (Wildman–Crippen MR) is 104 cm³/mol. The molecule has 0 bridgehead atoms. The molecule has 1 N–H and O–H groups in total. The molecule has 0 atom stereocenters. The monoisotopic (exact) mass is 441 g/mol. The highest BCUT2D eigenvalue weighted by molar-refractivity contribution is 14.1. The van der Waals surface area contributed by atoms with Crippen LogP contribution in [0.4, 0.5) is 0 Å². The quantitative estimate of drug-likeness (QED) is 0.670. The zero-order valence-electron chi connectivity index (χ0n) is 13.2. The molecular weight excluding hydrogens is 421 g/mol. The minimum Gasteiger partial charge on any atom is -0.207 e. The topological polar surface area (TPSA) is 46.2 Å². The van der Waals surface area contributed by atoms with Crippen LogP contribution in [0.1, 0.15) is 24.5 Å². The van der Waals surface area contributed by atoms with E-state index in [-0.39, 0.29) is 0 Å². The van der Waals surface area contributed by atoms with Crippen molar-refractivity contribution in [2.45, 2.75) is 25.2 Å². The molecule has 0 aliphatic carbocycles. The Morgan fingerprint density at radius 2 is 1.65 bits per heavy atom. The molecule has 0 heterocycles. The molecule has 0 aromatic heterocycles. The molecule has 0 aliphatic heterocycles. The first-order valence-corrected chi connectivity index (χ1v) is 9.99. The Labute approximate surface area is 152 Å². The second kappa shape index (κ2) is 8.08. The Hall–Kier alpha value is -1.18. The van der Waals surface area contributed by atoms with Gasteiger partial charge in [-0.1, -0.05) is 55.0 Å². The summed E-state index contributed by atoms with van der Waals surface area (Å²) in [6.07, 6.45) is 0.795. The Morgan fingerprint density at radius 1 is 1.04 bits per heavy atom. The van der Waals surface area contributed by atoms with E-state index in [0.717, 1.165) is 26.7 Å². The highest BCUT2D eigenvalue weighted by atomic mass is 127. The maximum absolute atomic E-state index is 12.4. The molecule has 122 valence electrons. The molecule has 2 rings (SSSR count). The third-order valence-corrected chi connectivity index (χ3v) is 6.37. The van der Waals surface area contributed by atoms with Crippen LogP contribution in [0.25, 0.3) is 3.58 Å². The van der Waals surface area contributed by atoms with Gasteiger partial charge in [0.2, 0.25) is 10.0 Å². The molecule has 0 unspecified atom stereocenters. The standard InChI is InChI=1S/C18H20INO2S/c1-3-15(18(19)16-7-5-4-6-8-16)13-20-23(21,22)17-11-9-14(2)10-12-17/h4-12,20H,3,13H2,1-2H3/b18-15-. The van der Waals surface area contributed by atoms with Gasteiger partial charge in [0.25, 0.3) is 0 Å². The summed E-state index contributed by atoms with van der Waals surface area (Å²) in [5, 5.41) is 0. The number of sulfonamides is 1. The Kier molecular flexibility index (Phi) is 6.38. The fraction of sp³-hybridized carbons (Fsp3) is 0.222. The van der Waals surface area contributed by atoms with Gasteiger partial charge >= 0.3 is 0 Å². The van der Waals surface area contributed by atoms with E-state index in [0.29, 0.717) is 11.4 Å². The molecule has 23 heavy (non-hydrogen) atoms. The first kappa shape index (κ1) is 18.2. The van der Waals surface area contributed by atoms with E-state index in [9.17, 15) is 8.42 Å². The third-order valence-electron chi connectivity index (χ3n) is 3.57. The van der Waals surface area contributed by atoms with E-state index in [1.54, 1.807) is 24.3 Å². The summed E-state index contributed by atoms with van der Waals surface area (Å²) in [7, 11) is -3.49. The summed E-state index contributed by atoms with van der Waals surface area (Å²) >= 11 is 2.28. The fourth-order valence-corrected chi connectivity index (χ4v) is 4.09. The van der Waals surface area contributed by atoms with Gasteiger partial charge in [-0.25, -0.2) is 13.1 Å². The van der Waals surface area contributed by atoms with E-state index >= 15 is 0 Å². The van der Waals surface area contributed by atoms with Gasteiger partial charge in [-0.15, -0.1) is 0 Å². The van der Waals surface area contributed by atoms with Crippen LogP contribution in [0, 0.1) is 6.92 Å².